The molecule has 84 valence electrons. The van der Waals surface area contributed by atoms with Crippen molar-refractivity contribution in [3.8, 4) is 0 Å². The van der Waals surface area contributed by atoms with E-state index in [4.69, 9.17) is 5.11 Å². The maximum absolute atomic E-state index is 9.14. The number of rotatable bonds is 4. The molecule has 2 rings (SSSR count). The first-order chi connectivity index (χ1) is 7.75. The van der Waals surface area contributed by atoms with E-state index < -0.39 is 0 Å². The highest BCUT2D eigenvalue weighted by Gasteiger charge is 1.97. The molecule has 2 nitrogen and oxygen atoms in total. The van der Waals surface area contributed by atoms with Gasteiger partial charge in [-0.1, -0.05) is 36.4 Å². The van der Waals surface area contributed by atoms with E-state index >= 15 is 0 Å². The van der Waals surface area contributed by atoms with Crippen molar-refractivity contribution in [3.63, 3.8) is 0 Å². The minimum absolute atomic E-state index is 0.291. The first kappa shape index (κ1) is 11.1. The number of aliphatic hydroxyl groups excluding tert-OH is 1. The number of benzene rings is 2. The molecule has 0 aliphatic carbocycles. The van der Waals surface area contributed by atoms with E-state index in [1.807, 2.05) is 6.07 Å². The Kier molecular flexibility index (Phi) is 3.54. The molecule has 0 aliphatic heterocycles. The van der Waals surface area contributed by atoms with Gasteiger partial charge in [0.25, 0.3) is 0 Å². The number of hydrogen-bond acceptors (Lipinski definition) is 2. The third-order valence-electron chi connectivity index (χ3n) is 2.58. The highest BCUT2D eigenvalue weighted by molar-refractivity contribution is 5.82. The van der Waals surface area contributed by atoms with Gasteiger partial charge >= 0.3 is 0 Å². The molecule has 0 saturated heterocycles. The van der Waals surface area contributed by atoms with Gasteiger partial charge in [0.2, 0.25) is 0 Å². The molecule has 2 aromatic carbocycles. The summed E-state index contributed by atoms with van der Waals surface area (Å²) in [6.07, 6.45) is -0.291. The smallest absolute Gasteiger partial charge is 0.0636 e. The summed E-state index contributed by atoms with van der Waals surface area (Å²) >= 11 is 0. The monoisotopic (exact) mass is 215 g/mol. The molecular formula is C14H17NO. The second kappa shape index (κ2) is 5.10. The van der Waals surface area contributed by atoms with Gasteiger partial charge in [-0.2, -0.15) is 0 Å². The van der Waals surface area contributed by atoms with Crippen LogP contribution in [0.3, 0.4) is 0 Å². The zero-order chi connectivity index (χ0) is 11.4. The molecule has 0 bridgehead atoms. The molecule has 0 aliphatic rings. The van der Waals surface area contributed by atoms with Crippen LogP contribution in [0.2, 0.25) is 0 Å². The number of nitrogens with one attached hydrogen (secondary N) is 1. The first-order valence-corrected chi connectivity index (χ1v) is 5.62. The van der Waals surface area contributed by atoms with Crippen LogP contribution in [0.4, 0.5) is 0 Å². The normalized spacial score (nSPS) is 12.9. The lowest BCUT2D eigenvalue weighted by Gasteiger charge is -2.07. The predicted molar refractivity (Wildman–Crippen MR) is 67.3 cm³/mol. The molecule has 1 unspecified atom stereocenters. The lowest BCUT2D eigenvalue weighted by atomic mass is 10.1. The largest absolute Gasteiger partial charge is 0.392 e. The summed E-state index contributed by atoms with van der Waals surface area (Å²) in [5.74, 6) is 0. The van der Waals surface area contributed by atoms with Crippen molar-refractivity contribution in [1.82, 2.24) is 5.32 Å². The Hall–Kier alpha value is -1.38. The van der Waals surface area contributed by atoms with Crippen molar-refractivity contribution in [2.24, 2.45) is 0 Å². The van der Waals surface area contributed by atoms with Crippen LogP contribution in [0.15, 0.2) is 42.5 Å². The molecule has 0 fully saturated rings. The van der Waals surface area contributed by atoms with Gasteiger partial charge < -0.3 is 10.4 Å². The molecule has 2 heteroatoms. The molecule has 0 saturated carbocycles. The number of hydrogen-bond donors (Lipinski definition) is 2. The van der Waals surface area contributed by atoms with Gasteiger partial charge in [-0.15, -0.1) is 0 Å². The van der Waals surface area contributed by atoms with Gasteiger partial charge in [0.1, 0.15) is 0 Å². The Balaban J connectivity index is 2.08. The summed E-state index contributed by atoms with van der Waals surface area (Å²) in [5, 5.41) is 14.9. The molecule has 16 heavy (non-hydrogen) atoms. The third-order valence-corrected chi connectivity index (χ3v) is 2.58. The zero-order valence-electron chi connectivity index (χ0n) is 9.48. The van der Waals surface area contributed by atoms with Crippen molar-refractivity contribution in [2.45, 2.75) is 19.6 Å². The molecule has 0 aromatic heterocycles. The average molecular weight is 215 g/mol. The second-order valence-corrected chi connectivity index (χ2v) is 4.16. The Morgan fingerprint density at radius 1 is 1.12 bits per heavy atom. The highest BCUT2D eigenvalue weighted by Crippen LogP contribution is 2.15. The molecular weight excluding hydrogens is 198 g/mol. The molecule has 0 spiro atoms. The van der Waals surface area contributed by atoms with E-state index in [-0.39, 0.29) is 6.10 Å². The van der Waals surface area contributed by atoms with Crippen LogP contribution >= 0.6 is 0 Å². The standard InChI is InChI=1S/C14H17NO/c1-11(16)9-15-10-12-6-7-13-4-2-3-5-14(13)8-12/h2-8,11,15-16H,9-10H2,1H3. The molecule has 0 radical (unpaired) electrons. The highest BCUT2D eigenvalue weighted by atomic mass is 16.3. The van der Waals surface area contributed by atoms with E-state index in [9.17, 15) is 0 Å². The Morgan fingerprint density at radius 2 is 1.88 bits per heavy atom. The van der Waals surface area contributed by atoms with Gasteiger partial charge in [0.05, 0.1) is 6.10 Å². The van der Waals surface area contributed by atoms with Crippen molar-refractivity contribution in [2.75, 3.05) is 6.54 Å². The van der Waals surface area contributed by atoms with Crippen molar-refractivity contribution < 1.29 is 5.11 Å². The van der Waals surface area contributed by atoms with Crippen LogP contribution in [-0.2, 0) is 6.54 Å². The predicted octanol–water partition coefficient (Wildman–Crippen LogP) is 2.31. The van der Waals surface area contributed by atoms with E-state index in [1.54, 1.807) is 6.92 Å². The van der Waals surface area contributed by atoms with Crippen LogP contribution in [0.25, 0.3) is 10.8 Å². The molecule has 2 N–H and O–H groups in total. The summed E-state index contributed by atoms with van der Waals surface area (Å²) in [4.78, 5) is 0. The second-order valence-electron chi connectivity index (χ2n) is 4.16. The van der Waals surface area contributed by atoms with Gasteiger partial charge in [-0.05, 0) is 29.3 Å². The SMILES string of the molecule is CC(O)CNCc1ccc2ccccc2c1. The minimum Gasteiger partial charge on any atom is -0.392 e. The fourth-order valence-corrected chi connectivity index (χ4v) is 1.77. The zero-order valence-corrected chi connectivity index (χ0v) is 9.48. The van der Waals surface area contributed by atoms with E-state index in [2.05, 4.69) is 41.7 Å². The van der Waals surface area contributed by atoms with Crippen LogP contribution in [0.1, 0.15) is 12.5 Å². The van der Waals surface area contributed by atoms with Crippen LogP contribution in [-0.4, -0.2) is 17.8 Å². The summed E-state index contributed by atoms with van der Waals surface area (Å²) in [6.45, 7) is 3.22. The van der Waals surface area contributed by atoms with Gasteiger partial charge in [-0.25, -0.2) is 0 Å². The van der Waals surface area contributed by atoms with Crippen LogP contribution in [0, 0.1) is 0 Å². The fraction of sp³-hybridized carbons (Fsp3) is 0.286. The first-order valence-electron chi connectivity index (χ1n) is 5.62. The quantitative estimate of drug-likeness (QED) is 0.820. The molecule has 1 atom stereocenters. The maximum atomic E-state index is 9.14. The lowest BCUT2D eigenvalue weighted by molar-refractivity contribution is 0.191. The number of fused-ring (bicyclic) bond motifs is 1. The average Bonchev–Trinajstić information content (AvgIpc) is 2.28. The lowest BCUT2D eigenvalue weighted by Crippen LogP contribution is -2.23. The fourth-order valence-electron chi connectivity index (χ4n) is 1.77. The van der Waals surface area contributed by atoms with Gasteiger partial charge in [0.15, 0.2) is 0 Å². The van der Waals surface area contributed by atoms with Crippen molar-refractivity contribution >= 4 is 10.8 Å². The van der Waals surface area contributed by atoms with Gasteiger partial charge in [-0.3, -0.25) is 0 Å². The summed E-state index contributed by atoms with van der Waals surface area (Å²) in [6, 6.07) is 14.8. The van der Waals surface area contributed by atoms with Crippen LogP contribution < -0.4 is 5.32 Å². The summed E-state index contributed by atoms with van der Waals surface area (Å²) in [7, 11) is 0. The van der Waals surface area contributed by atoms with E-state index in [0.29, 0.717) is 6.54 Å². The van der Waals surface area contributed by atoms with Crippen molar-refractivity contribution in [1.29, 1.82) is 0 Å². The Labute approximate surface area is 95.9 Å². The maximum Gasteiger partial charge on any atom is 0.0636 e. The van der Waals surface area contributed by atoms with Crippen LogP contribution in [0.5, 0.6) is 0 Å². The molecule has 2 aromatic rings. The summed E-state index contributed by atoms with van der Waals surface area (Å²) in [5.41, 5.74) is 1.25. The van der Waals surface area contributed by atoms with E-state index in [1.165, 1.54) is 16.3 Å². The van der Waals surface area contributed by atoms with Gasteiger partial charge in [0, 0.05) is 13.1 Å². The van der Waals surface area contributed by atoms with Crippen molar-refractivity contribution in [3.05, 3.63) is 48.0 Å². The van der Waals surface area contributed by atoms with E-state index in [0.717, 1.165) is 6.54 Å². The number of aliphatic hydroxyl groups is 1. The molecule has 0 heterocycles. The topological polar surface area (TPSA) is 32.3 Å². The third kappa shape index (κ3) is 2.81. The minimum atomic E-state index is -0.291. The Bertz CT molecular complexity index is 465. The summed E-state index contributed by atoms with van der Waals surface area (Å²) < 4.78 is 0. The molecule has 0 amide bonds. The Morgan fingerprint density at radius 3 is 2.62 bits per heavy atom.